The normalized spacial score (nSPS) is 10.6. The van der Waals surface area contributed by atoms with Gasteiger partial charge in [-0.25, -0.2) is 0 Å². The first kappa shape index (κ1) is 14.1. The lowest BCUT2D eigenvalue weighted by molar-refractivity contribution is -0.148. The minimum atomic E-state index is -0.638. The van der Waals surface area contributed by atoms with Crippen LogP contribution in [0.25, 0.3) is 0 Å². The van der Waals surface area contributed by atoms with Crippen molar-refractivity contribution in [2.75, 3.05) is 18.5 Å². The largest absolute Gasteiger partial charge is 0.465 e. The standard InChI is InChI=1S/C15H19NO2/c1-5-11-16-13-9-7-12(8-10-13)15(3,4)14(17)18-6-2/h1,7-10,16H,6,11H2,2-4H3. The van der Waals surface area contributed by atoms with Gasteiger partial charge in [-0.1, -0.05) is 18.1 Å². The van der Waals surface area contributed by atoms with Crippen LogP contribution in [0.3, 0.4) is 0 Å². The van der Waals surface area contributed by atoms with Gasteiger partial charge < -0.3 is 10.1 Å². The number of nitrogens with one attached hydrogen (secondary N) is 1. The van der Waals surface area contributed by atoms with E-state index in [0.717, 1.165) is 11.3 Å². The third-order valence-corrected chi connectivity index (χ3v) is 2.79. The van der Waals surface area contributed by atoms with E-state index in [1.807, 2.05) is 38.1 Å². The van der Waals surface area contributed by atoms with Crippen molar-refractivity contribution in [3.8, 4) is 12.3 Å². The van der Waals surface area contributed by atoms with E-state index in [1.54, 1.807) is 6.92 Å². The number of terminal acetylenes is 1. The number of anilines is 1. The number of ether oxygens (including phenoxy) is 1. The lowest BCUT2D eigenvalue weighted by Crippen LogP contribution is -2.31. The van der Waals surface area contributed by atoms with Crippen LogP contribution in [0.15, 0.2) is 24.3 Å². The van der Waals surface area contributed by atoms with E-state index in [4.69, 9.17) is 11.2 Å². The Bertz CT molecular complexity index is 441. The number of carbonyl (C=O) groups is 1. The van der Waals surface area contributed by atoms with Gasteiger partial charge in [0.2, 0.25) is 0 Å². The van der Waals surface area contributed by atoms with Crippen LogP contribution in [0, 0.1) is 12.3 Å². The van der Waals surface area contributed by atoms with Crippen LogP contribution in [-0.2, 0) is 14.9 Å². The first-order chi connectivity index (χ1) is 8.52. The van der Waals surface area contributed by atoms with E-state index < -0.39 is 5.41 Å². The predicted molar refractivity (Wildman–Crippen MR) is 73.4 cm³/mol. The summed E-state index contributed by atoms with van der Waals surface area (Å²) in [5.74, 6) is 2.30. The highest BCUT2D eigenvalue weighted by Crippen LogP contribution is 2.26. The summed E-state index contributed by atoms with van der Waals surface area (Å²) in [6, 6.07) is 7.65. The van der Waals surface area contributed by atoms with Gasteiger partial charge in [0.15, 0.2) is 0 Å². The summed E-state index contributed by atoms with van der Waals surface area (Å²) >= 11 is 0. The number of carbonyl (C=O) groups excluding carboxylic acids is 1. The molecular formula is C15H19NO2. The van der Waals surface area contributed by atoms with Crippen LogP contribution in [0.2, 0.25) is 0 Å². The molecule has 1 aromatic rings. The molecule has 0 aliphatic carbocycles. The van der Waals surface area contributed by atoms with Crippen LogP contribution in [0.5, 0.6) is 0 Å². The van der Waals surface area contributed by atoms with Crippen molar-refractivity contribution in [1.82, 2.24) is 0 Å². The molecule has 0 saturated heterocycles. The third kappa shape index (κ3) is 3.27. The summed E-state index contributed by atoms with van der Waals surface area (Å²) < 4.78 is 5.08. The first-order valence-electron chi connectivity index (χ1n) is 5.97. The Morgan fingerprint density at radius 1 is 1.39 bits per heavy atom. The van der Waals surface area contributed by atoms with Crippen LogP contribution in [0.1, 0.15) is 26.3 Å². The van der Waals surface area contributed by atoms with Crippen molar-refractivity contribution in [2.24, 2.45) is 0 Å². The number of esters is 1. The van der Waals surface area contributed by atoms with Gasteiger partial charge in [0.05, 0.1) is 18.6 Å². The van der Waals surface area contributed by atoms with Crippen LogP contribution >= 0.6 is 0 Å². The molecule has 0 aromatic heterocycles. The van der Waals surface area contributed by atoms with Crippen molar-refractivity contribution in [3.63, 3.8) is 0 Å². The zero-order valence-electron chi connectivity index (χ0n) is 11.1. The summed E-state index contributed by atoms with van der Waals surface area (Å²) in [7, 11) is 0. The number of rotatable bonds is 5. The molecule has 0 aliphatic heterocycles. The molecule has 1 rings (SSSR count). The summed E-state index contributed by atoms with van der Waals surface area (Å²) in [6.07, 6.45) is 5.17. The molecule has 1 N–H and O–H groups in total. The van der Waals surface area contributed by atoms with Crippen LogP contribution < -0.4 is 5.32 Å². The van der Waals surface area contributed by atoms with E-state index in [9.17, 15) is 4.79 Å². The summed E-state index contributed by atoms with van der Waals surface area (Å²) in [4.78, 5) is 11.9. The fourth-order valence-corrected chi connectivity index (χ4v) is 1.59. The highest BCUT2D eigenvalue weighted by Gasteiger charge is 2.31. The SMILES string of the molecule is C#CCNc1ccc(C(C)(C)C(=O)OCC)cc1. The Hall–Kier alpha value is -1.95. The number of hydrogen-bond donors (Lipinski definition) is 1. The molecule has 0 saturated carbocycles. The maximum absolute atomic E-state index is 11.9. The Morgan fingerprint density at radius 2 is 2.00 bits per heavy atom. The van der Waals surface area contributed by atoms with Gasteiger partial charge in [-0.3, -0.25) is 4.79 Å². The van der Waals surface area contributed by atoms with Crippen molar-refractivity contribution < 1.29 is 9.53 Å². The third-order valence-electron chi connectivity index (χ3n) is 2.79. The van der Waals surface area contributed by atoms with Crippen LogP contribution in [0.4, 0.5) is 5.69 Å². The van der Waals surface area contributed by atoms with E-state index in [0.29, 0.717) is 13.2 Å². The van der Waals surface area contributed by atoms with Gasteiger partial charge in [-0.2, -0.15) is 0 Å². The Labute approximate surface area is 109 Å². The second-order valence-corrected chi connectivity index (χ2v) is 4.48. The second kappa shape index (κ2) is 6.11. The molecule has 0 atom stereocenters. The Kier molecular flexibility index (Phi) is 4.79. The quantitative estimate of drug-likeness (QED) is 0.640. The highest BCUT2D eigenvalue weighted by atomic mass is 16.5. The van der Waals surface area contributed by atoms with E-state index in [1.165, 1.54) is 0 Å². The molecule has 3 heteroatoms. The second-order valence-electron chi connectivity index (χ2n) is 4.48. The minimum absolute atomic E-state index is 0.214. The molecule has 3 nitrogen and oxygen atoms in total. The fourth-order valence-electron chi connectivity index (χ4n) is 1.59. The number of benzene rings is 1. The topological polar surface area (TPSA) is 38.3 Å². The first-order valence-corrected chi connectivity index (χ1v) is 5.97. The fraction of sp³-hybridized carbons (Fsp3) is 0.400. The zero-order chi connectivity index (χ0) is 13.6. The Balaban J connectivity index is 2.84. The maximum atomic E-state index is 11.9. The van der Waals surface area contributed by atoms with Crippen molar-refractivity contribution in [2.45, 2.75) is 26.2 Å². The van der Waals surface area contributed by atoms with Gasteiger partial charge >= 0.3 is 5.97 Å². The molecular weight excluding hydrogens is 226 g/mol. The lowest BCUT2D eigenvalue weighted by Gasteiger charge is -2.23. The zero-order valence-corrected chi connectivity index (χ0v) is 11.1. The van der Waals surface area contributed by atoms with E-state index in [-0.39, 0.29) is 5.97 Å². The van der Waals surface area contributed by atoms with E-state index in [2.05, 4.69) is 11.2 Å². The molecule has 0 heterocycles. The molecule has 0 radical (unpaired) electrons. The minimum Gasteiger partial charge on any atom is -0.465 e. The van der Waals surface area contributed by atoms with Crippen LogP contribution in [-0.4, -0.2) is 19.1 Å². The molecule has 0 unspecified atom stereocenters. The molecule has 96 valence electrons. The van der Waals surface area contributed by atoms with Gasteiger partial charge in [0, 0.05) is 5.69 Å². The molecule has 0 bridgehead atoms. The lowest BCUT2D eigenvalue weighted by atomic mass is 9.84. The average molecular weight is 245 g/mol. The molecule has 0 aliphatic rings. The molecule has 18 heavy (non-hydrogen) atoms. The monoisotopic (exact) mass is 245 g/mol. The van der Waals surface area contributed by atoms with Gasteiger partial charge in [0.25, 0.3) is 0 Å². The number of hydrogen-bond acceptors (Lipinski definition) is 3. The van der Waals surface area contributed by atoms with Gasteiger partial charge in [0.1, 0.15) is 0 Å². The summed E-state index contributed by atoms with van der Waals surface area (Å²) in [6.45, 7) is 6.40. The molecule has 0 amide bonds. The van der Waals surface area contributed by atoms with Crippen molar-refractivity contribution in [3.05, 3.63) is 29.8 Å². The average Bonchev–Trinajstić information content (AvgIpc) is 2.37. The molecule has 0 fully saturated rings. The molecule has 0 spiro atoms. The van der Waals surface area contributed by atoms with E-state index >= 15 is 0 Å². The van der Waals surface area contributed by atoms with Crippen molar-refractivity contribution in [1.29, 1.82) is 0 Å². The summed E-state index contributed by atoms with van der Waals surface area (Å²) in [5.41, 5.74) is 1.23. The Morgan fingerprint density at radius 3 is 2.50 bits per heavy atom. The van der Waals surface area contributed by atoms with Gasteiger partial charge in [-0.05, 0) is 38.5 Å². The summed E-state index contributed by atoms with van der Waals surface area (Å²) in [5, 5.41) is 3.08. The van der Waals surface area contributed by atoms with Crippen molar-refractivity contribution >= 4 is 11.7 Å². The highest BCUT2D eigenvalue weighted by molar-refractivity contribution is 5.82. The van der Waals surface area contributed by atoms with Gasteiger partial charge in [-0.15, -0.1) is 6.42 Å². The predicted octanol–water partition coefficient (Wildman–Crippen LogP) is 2.57. The molecule has 1 aromatic carbocycles. The maximum Gasteiger partial charge on any atom is 0.315 e. The smallest absolute Gasteiger partial charge is 0.315 e.